The van der Waals surface area contributed by atoms with Gasteiger partial charge in [-0.1, -0.05) is 22.8 Å². The Morgan fingerprint density at radius 2 is 2.29 bits per heavy atom. The Labute approximate surface area is 88.0 Å². The number of rotatable bonds is 5. The third-order valence-electron chi connectivity index (χ3n) is 1.74. The van der Waals surface area contributed by atoms with Crippen LogP contribution < -0.4 is 4.74 Å². The number of hydrogen-bond acceptors (Lipinski definition) is 3. The second kappa shape index (κ2) is 5.60. The first-order valence-electron chi connectivity index (χ1n) is 4.42. The minimum Gasteiger partial charge on any atom is -0.492 e. The van der Waals surface area contributed by atoms with Crippen LogP contribution in [0.5, 0.6) is 5.75 Å². The predicted molar refractivity (Wildman–Crippen MR) is 57.0 cm³/mol. The quantitative estimate of drug-likeness (QED) is 0.557. The van der Waals surface area contributed by atoms with Crippen LogP contribution in [0.25, 0.3) is 0 Å². The van der Waals surface area contributed by atoms with Crippen molar-refractivity contribution in [3.8, 4) is 5.75 Å². The highest BCUT2D eigenvalue weighted by atomic mass is 35.5. The minimum absolute atomic E-state index is 0.281. The van der Waals surface area contributed by atoms with Gasteiger partial charge < -0.3 is 4.74 Å². The molecule has 0 saturated heterocycles. The van der Waals surface area contributed by atoms with Crippen molar-refractivity contribution in [2.24, 2.45) is 5.18 Å². The Hall–Kier alpha value is -1.09. The van der Waals surface area contributed by atoms with Crippen LogP contribution in [0.3, 0.4) is 0 Å². The fraction of sp³-hybridized carbons (Fsp3) is 0.400. The molecular formula is C10H12ClNO2. The zero-order chi connectivity index (χ0) is 10.4. The van der Waals surface area contributed by atoms with E-state index in [9.17, 15) is 4.91 Å². The highest BCUT2D eigenvalue weighted by Crippen LogP contribution is 2.25. The van der Waals surface area contributed by atoms with Crippen molar-refractivity contribution in [2.75, 3.05) is 13.2 Å². The topological polar surface area (TPSA) is 38.7 Å². The monoisotopic (exact) mass is 213 g/mol. The SMILES string of the molecule is Cc1ccc(OCCCN=O)c(Cl)c1. The number of halogens is 1. The largest absolute Gasteiger partial charge is 0.492 e. The summed E-state index contributed by atoms with van der Waals surface area (Å²) in [5.74, 6) is 0.656. The molecule has 0 atom stereocenters. The van der Waals surface area contributed by atoms with E-state index in [1.165, 1.54) is 0 Å². The highest BCUT2D eigenvalue weighted by Gasteiger charge is 2.00. The molecule has 0 N–H and O–H groups in total. The Balaban J connectivity index is 2.46. The Morgan fingerprint density at radius 3 is 2.93 bits per heavy atom. The average molecular weight is 214 g/mol. The van der Waals surface area contributed by atoms with Gasteiger partial charge in [0, 0.05) is 6.42 Å². The Morgan fingerprint density at radius 1 is 1.50 bits per heavy atom. The first-order chi connectivity index (χ1) is 6.74. The molecule has 0 radical (unpaired) electrons. The fourth-order valence-corrected chi connectivity index (χ4v) is 1.32. The molecule has 0 aromatic heterocycles. The van der Waals surface area contributed by atoms with E-state index in [1.54, 1.807) is 0 Å². The maximum Gasteiger partial charge on any atom is 0.137 e. The van der Waals surface area contributed by atoms with Crippen molar-refractivity contribution in [3.63, 3.8) is 0 Å². The molecule has 1 aromatic rings. The summed E-state index contributed by atoms with van der Waals surface area (Å²) >= 11 is 5.93. The summed E-state index contributed by atoms with van der Waals surface area (Å²) in [6, 6.07) is 5.60. The molecule has 0 unspecified atom stereocenters. The van der Waals surface area contributed by atoms with Crippen LogP contribution in [0.15, 0.2) is 23.4 Å². The average Bonchev–Trinajstić information content (AvgIpc) is 2.15. The van der Waals surface area contributed by atoms with Crippen LogP contribution >= 0.6 is 11.6 Å². The summed E-state index contributed by atoms with van der Waals surface area (Å²) in [7, 11) is 0. The molecule has 0 aliphatic heterocycles. The molecule has 0 aliphatic rings. The molecule has 0 bridgehead atoms. The molecule has 0 heterocycles. The second-order valence-corrected chi connectivity index (χ2v) is 3.40. The number of nitroso groups, excluding NO2 is 1. The van der Waals surface area contributed by atoms with E-state index in [0.717, 1.165) is 5.56 Å². The van der Waals surface area contributed by atoms with Crippen molar-refractivity contribution < 1.29 is 4.74 Å². The van der Waals surface area contributed by atoms with E-state index >= 15 is 0 Å². The van der Waals surface area contributed by atoms with Gasteiger partial charge in [0.1, 0.15) is 5.75 Å². The van der Waals surface area contributed by atoms with E-state index in [0.29, 0.717) is 23.8 Å². The lowest BCUT2D eigenvalue weighted by atomic mass is 10.2. The zero-order valence-electron chi connectivity index (χ0n) is 8.00. The van der Waals surface area contributed by atoms with Gasteiger partial charge in [0.15, 0.2) is 0 Å². The Bertz CT molecular complexity index is 315. The number of nitrogens with zero attached hydrogens (tertiary/aromatic N) is 1. The highest BCUT2D eigenvalue weighted by molar-refractivity contribution is 6.32. The van der Waals surface area contributed by atoms with Gasteiger partial charge in [-0.25, -0.2) is 0 Å². The molecule has 3 nitrogen and oxygen atoms in total. The third-order valence-corrected chi connectivity index (χ3v) is 2.03. The summed E-state index contributed by atoms with van der Waals surface area (Å²) in [6.45, 7) is 2.71. The van der Waals surface area contributed by atoms with E-state index in [4.69, 9.17) is 16.3 Å². The van der Waals surface area contributed by atoms with Crippen molar-refractivity contribution in [3.05, 3.63) is 33.7 Å². The van der Waals surface area contributed by atoms with Crippen LogP contribution in [-0.4, -0.2) is 13.2 Å². The van der Waals surface area contributed by atoms with Gasteiger partial charge in [0.25, 0.3) is 0 Å². The van der Waals surface area contributed by atoms with Crippen LogP contribution in [-0.2, 0) is 0 Å². The van der Waals surface area contributed by atoms with Crippen LogP contribution in [0.2, 0.25) is 5.02 Å². The lowest BCUT2D eigenvalue weighted by molar-refractivity contribution is 0.313. The second-order valence-electron chi connectivity index (χ2n) is 2.99. The maximum atomic E-state index is 9.80. The van der Waals surface area contributed by atoms with E-state index in [2.05, 4.69) is 5.18 Å². The molecule has 0 fully saturated rings. The van der Waals surface area contributed by atoms with Crippen molar-refractivity contribution in [2.45, 2.75) is 13.3 Å². The standard InChI is InChI=1S/C10H12ClNO2/c1-8-3-4-10(9(11)7-8)14-6-2-5-12-13/h3-4,7H,2,5-6H2,1H3. The van der Waals surface area contributed by atoms with E-state index in [1.807, 2.05) is 25.1 Å². The first kappa shape index (κ1) is 11.0. The zero-order valence-corrected chi connectivity index (χ0v) is 8.75. The molecule has 1 aromatic carbocycles. The van der Waals surface area contributed by atoms with Crippen molar-refractivity contribution in [1.29, 1.82) is 0 Å². The van der Waals surface area contributed by atoms with Gasteiger partial charge >= 0.3 is 0 Å². The van der Waals surface area contributed by atoms with Gasteiger partial charge in [0.2, 0.25) is 0 Å². The molecule has 0 amide bonds. The molecule has 0 aliphatic carbocycles. The van der Waals surface area contributed by atoms with Crippen LogP contribution in [0.1, 0.15) is 12.0 Å². The van der Waals surface area contributed by atoms with Gasteiger partial charge in [-0.05, 0) is 24.6 Å². The van der Waals surface area contributed by atoms with E-state index in [-0.39, 0.29) is 6.54 Å². The van der Waals surface area contributed by atoms with Crippen LogP contribution in [0.4, 0.5) is 0 Å². The molecule has 0 spiro atoms. The number of aryl methyl sites for hydroxylation is 1. The van der Waals surface area contributed by atoms with Gasteiger partial charge in [-0.15, -0.1) is 0 Å². The smallest absolute Gasteiger partial charge is 0.137 e. The summed E-state index contributed by atoms with van der Waals surface area (Å²) in [5.41, 5.74) is 1.09. The molecular weight excluding hydrogens is 202 g/mol. The minimum atomic E-state index is 0.281. The fourth-order valence-electron chi connectivity index (χ4n) is 1.03. The summed E-state index contributed by atoms with van der Waals surface area (Å²) in [5, 5.41) is 3.34. The molecule has 1 rings (SSSR count). The molecule has 14 heavy (non-hydrogen) atoms. The van der Waals surface area contributed by atoms with Gasteiger partial charge in [-0.3, -0.25) is 0 Å². The Kier molecular flexibility index (Phi) is 4.40. The van der Waals surface area contributed by atoms with Crippen LogP contribution in [0, 0.1) is 11.8 Å². The first-order valence-corrected chi connectivity index (χ1v) is 4.80. The molecule has 76 valence electrons. The summed E-state index contributed by atoms with van der Waals surface area (Å²) in [6.07, 6.45) is 0.619. The van der Waals surface area contributed by atoms with E-state index < -0.39 is 0 Å². The number of ether oxygens (including phenoxy) is 1. The molecule has 4 heteroatoms. The predicted octanol–water partition coefficient (Wildman–Crippen LogP) is 3.18. The van der Waals surface area contributed by atoms with Gasteiger partial charge in [0.05, 0.1) is 18.2 Å². The molecule has 0 saturated carbocycles. The summed E-state index contributed by atoms with van der Waals surface area (Å²) < 4.78 is 5.36. The van der Waals surface area contributed by atoms with Gasteiger partial charge in [-0.2, -0.15) is 4.91 Å². The number of benzene rings is 1. The third kappa shape index (κ3) is 3.34. The number of hydrogen-bond donors (Lipinski definition) is 0. The maximum absolute atomic E-state index is 9.80. The van der Waals surface area contributed by atoms with Crippen molar-refractivity contribution in [1.82, 2.24) is 0 Å². The normalized spacial score (nSPS) is 9.86. The summed E-state index contributed by atoms with van der Waals surface area (Å²) in [4.78, 5) is 9.80. The lowest BCUT2D eigenvalue weighted by Gasteiger charge is -2.06. The lowest BCUT2D eigenvalue weighted by Crippen LogP contribution is -1.99. The van der Waals surface area contributed by atoms with Crippen molar-refractivity contribution >= 4 is 11.6 Å².